The maximum absolute atomic E-state index is 13.3. The molecule has 0 N–H and O–H groups in total. The third-order valence-corrected chi connectivity index (χ3v) is 5.35. The summed E-state index contributed by atoms with van der Waals surface area (Å²) in [5, 5.41) is 8.40. The summed E-state index contributed by atoms with van der Waals surface area (Å²) in [5.74, 6) is -0.0189. The molecule has 0 bridgehead atoms. The first-order valence-corrected chi connectivity index (χ1v) is 9.77. The van der Waals surface area contributed by atoms with E-state index in [1.54, 1.807) is 29.2 Å². The van der Waals surface area contributed by atoms with Gasteiger partial charge in [0.2, 0.25) is 0 Å². The van der Waals surface area contributed by atoms with Crippen LogP contribution in [0.3, 0.4) is 0 Å². The molecular formula is C22H16F3N5O2. The smallest absolute Gasteiger partial charge is 0.356 e. The highest BCUT2D eigenvalue weighted by atomic mass is 19.4. The predicted octanol–water partition coefficient (Wildman–Crippen LogP) is 4.84. The van der Waals surface area contributed by atoms with Crippen molar-refractivity contribution in [3.63, 3.8) is 0 Å². The molecular weight excluding hydrogens is 423 g/mol. The number of alkyl halides is 3. The van der Waals surface area contributed by atoms with Gasteiger partial charge in [-0.05, 0) is 43.3 Å². The number of nitrogens with zero attached hydrogens (tertiary/aromatic N) is 5. The van der Waals surface area contributed by atoms with Crippen molar-refractivity contribution in [2.45, 2.75) is 19.1 Å². The van der Waals surface area contributed by atoms with Gasteiger partial charge in [-0.3, -0.25) is 14.5 Å². The lowest BCUT2D eigenvalue weighted by atomic mass is 10.1. The van der Waals surface area contributed by atoms with Crippen molar-refractivity contribution in [1.82, 2.24) is 19.9 Å². The molecule has 7 nitrogen and oxygen atoms in total. The zero-order valence-electron chi connectivity index (χ0n) is 16.7. The van der Waals surface area contributed by atoms with Gasteiger partial charge in [-0.2, -0.15) is 18.3 Å². The molecule has 0 radical (unpaired) electrons. The van der Waals surface area contributed by atoms with Crippen molar-refractivity contribution in [3.8, 4) is 22.6 Å². The Morgan fingerprint density at radius 3 is 2.59 bits per heavy atom. The third-order valence-electron chi connectivity index (χ3n) is 5.35. The first-order valence-electron chi connectivity index (χ1n) is 9.77. The van der Waals surface area contributed by atoms with Crippen LogP contribution in [0.2, 0.25) is 0 Å². The number of anilines is 1. The average molecular weight is 439 g/mol. The van der Waals surface area contributed by atoms with Gasteiger partial charge in [-0.15, -0.1) is 0 Å². The number of amides is 1. The molecule has 32 heavy (non-hydrogen) atoms. The van der Waals surface area contributed by atoms with Crippen LogP contribution in [-0.2, 0) is 6.18 Å². The van der Waals surface area contributed by atoms with E-state index in [1.807, 2.05) is 13.0 Å². The fraction of sp³-hybridized carbons (Fsp3) is 0.182. The van der Waals surface area contributed by atoms with Gasteiger partial charge in [-0.1, -0.05) is 5.16 Å². The van der Waals surface area contributed by atoms with Crippen molar-refractivity contribution >= 4 is 11.6 Å². The first kappa shape index (κ1) is 20.0. The molecule has 10 heteroatoms. The number of carbonyl (C=O) groups excluding carboxylic acids is 1. The number of hydrogen-bond donors (Lipinski definition) is 0. The lowest BCUT2D eigenvalue weighted by Gasteiger charge is -2.32. The predicted molar refractivity (Wildman–Crippen MR) is 109 cm³/mol. The minimum Gasteiger partial charge on any atom is -0.356 e. The molecule has 4 aromatic rings. The van der Waals surface area contributed by atoms with E-state index >= 15 is 0 Å². The van der Waals surface area contributed by atoms with Gasteiger partial charge in [0.05, 0.1) is 23.4 Å². The highest BCUT2D eigenvalue weighted by molar-refractivity contribution is 6.09. The van der Waals surface area contributed by atoms with Crippen molar-refractivity contribution in [1.29, 1.82) is 0 Å². The standard InChI is InChI=1S/C22H16F3N5O2/c1-13-12-29(16-6-4-15(5-7-16)22(23,24)25)21(31)20-17(11-27-30(13)20)19-9-18(28-32-19)14-3-2-8-26-10-14/h2-11,13H,12H2,1H3/t13-/m0/s1. The van der Waals surface area contributed by atoms with Gasteiger partial charge >= 0.3 is 6.18 Å². The number of halogens is 3. The van der Waals surface area contributed by atoms with E-state index in [0.29, 0.717) is 22.7 Å². The highest BCUT2D eigenvalue weighted by Gasteiger charge is 2.35. The molecule has 1 aliphatic rings. The maximum Gasteiger partial charge on any atom is 0.416 e. The van der Waals surface area contributed by atoms with Gasteiger partial charge < -0.3 is 9.42 Å². The Morgan fingerprint density at radius 1 is 1.12 bits per heavy atom. The second-order valence-electron chi connectivity index (χ2n) is 7.48. The number of fused-ring (bicyclic) bond motifs is 1. The Hall–Kier alpha value is -3.95. The topological polar surface area (TPSA) is 77.1 Å². The van der Waals surface area contributed by atoms with Gasteiger partial charge in [0.1, 0.15) is 11.4 Å². The number of hydrogen-bond acceptors (Lipinski definition) is 5. The number of aromatic nitrogens is 4. The third kappa shape index (κ3) is 3.33. The molecule has 1 aromatic carbocycles. The second-order valence-corrected chi connectivity index (χ2v) is 7.48. The summed E-state index contributed by atoms with van der Waals surface area (Å²) in [6.07, 6.45) is 0.387. The summed E-state index contributed by atoms with van der Waals surface area (Å²) >= 11 is 0. The van der Waals surface area contributed by atoms with Crippen LogP contribution in [0.1, 0.15) is 29.0 Å². The molecule has 0 fully saturated rings. The first-order chi connectivity index (χ1) is 15.3. The van der Waals surface area contributed by atoms with Gasteiger partial charge in [-0.25, -0.2) is 0 Å². The lowest BCUT2D eigenvalue weighted by molar-refractivity contribution is -0.137. The molecule has 0 saturated carbocycles. The lowest BCUT2D eigenvalue weighted by Crippen LogP contribution is -2.42. The monoisotopic (exact) mass is 439 g/mol. The average Bonchev–Trinajstić information content (AvgIpc) is 3.44. The van der Waals surface area contributed by atoms with E-state index in [4.69, 9.17) is 4.52 Å². The summed E-state index contributed by atoms with van der Waals surface area (Å²) in [4.78, 5) is 18.9. The van der Waals surface area contributed by atoms with Gasteiger partial charge in [0.25, 0.3) is 5.91 Å². The molecule has 1 aliphatic heterocycles. The Kier molecular flexibility index (Phi) is 4.58. The van der Waals surface area contributed by atoms with E-state index in [9.17, 15) is 18.0 Å². The Labute approximate surface area is 180 Å². The van der Waals surface area contributed by atoms with Gasteiger partial charge in [0.15, 0.2) is 5.76 Å². The number of carbonyl (C=O) groups is 1. The molecule has 0 spiro atoms. The molecule has 5 rings (SSSR count). The number of rotatable bonds is 3. The molecule has 3 aromatic heterocycles. The zero-order chi connectivity index (χ0) is 22.5. The fourth-order valence-corrected chi connectivity index (χ4v) is 3.75. The zero-order valence-corrected chi connectivity index (χ0v) is 16.7. The van der Waals surface area contributed by atoms with E-state index in [1.165, 1.54) is 23.2 Å². The molecule has 0 aliphatic carbocycles. The Morgan fingerprint density at radius 2 is 1.91 bits per heavy atom. The summed E-state index contributed by atoms with van der Waals surface area (Å²) in [6.45, 7) is 2.15. The summed E-state index contributed by atoms with van der Waals surface area (Å²) < 4.78 is 45.8. The molecule has 1 amide bonds. The minimum absolute atomic E-state index is 0.195. The fourth-order valence-electron chi connectivity index (χ4n) is 3.75. The summed E-state index contributed by atoms with van der Waals surface area (Å²) in [5.41, 5.74) is 1.67. The number of benzene rings is 1. The van der Waals surface area contributed by atoms with E-state index in [0.717, 1.165) is 17.7 Å². The van der Waals surface area contributed by atoms with Crippen LogP contribution in [0.25, 0.3) is 22.6 Å². The van der Waals surface area contributed by atoms with E-state index in [2.05, 4.69) is 15.2 Å². The summed E-state index contributed by atoms with van der Waals surface area (Å²) in [7, 11) is 0. The van der Waals surface area contributed by atoms with E-state index < -0.39 is 11.7 Å². The Balaban J connectivity index is 1.51. The van der Waals surface area contributed by atoms with Crippen LogP contribution in [0.15, 0.2) is 65.6 Å². The van der Waals surface area contributed by atoms with Crippen molar-refractivity contribution in [2.75, 3.05) is 11.4 Å². The molecule has 4 heterocycles. The highest BCUT2D eigenvalue weighted by Crippen LogP contribution is 2.35. The van der Waals surface area contributed by atoms with Crippen LogP contribution in [0.5, 0.6) is 0 Å². The van der Waals surface area contributed by atoms with Crippen LogP contribution in [-0.4, -0.2) is 32.4 Å². The van der Waals surface area contributed by atoms with Crippen molar-refractivity contribution in [2.24, 2.45) is 0 Å². The molecule has 162 valence electrons. The quantitative estimate of drug-likeness (QED) is 0.457. The molecule has 0 unspecified atom stereocenters. The van der Waals surface area contributed by atoms with Gasteiger partial charge in [0, 0.05) is 36.3 Å². The van der Waals surface area contributed by atoms with Crippen molar-refractivity contribution in [3.05, 3.63) is 72.3 Å². The van der Waals surface area contributed by atoms with Crippen LogP contribution >= 0.6 is 0 Å². The van der Waals surface area contributed by atoms with Crippen LogP contribution in [0.4, 0.5) is 18.9 Å². The largest absolute Gasteiger partial charge is 0.416 e. The van der Waals surface area contributed by atoms with E-state index in [-0.39, 0.29) is 24.2 Å². The van der Waals surface area contributed by atoms with Crippen LogP contribution in [0, 0.1) is 0 Å². The number of pyridine rings is 1. The molecule has 0 saturated heterocycles. The summed E-state index contributed by atoms with van der Waals surface area (Å²) in [6, 6.07) is 9.65. The van der Waals surface area contributed by atoms with Crippen LogP contribution < -0.4 is 4.90 Å². The maximum atomic E-state index is 13.3. The SMILES string of the molecule is C[C@H]1CN(c2ccc(C(F)(F)F)cc2)C(=O)c2c(-c3cc(-c4cccnc4)no3)cnn21. The second kappa shape index (κ2) is 7.33. The molecule has 1 atom stereocenters. The normalized spacial score (nSPS) is 16.3. The minimum atomic E-state index is -4.44. The van der Waals surface area contributed by atoms with Crippen molar-refractivity contribution < 1.29 is 22.5 Å². The Bertz CT molecular complexity index is 1280.